The van der Waals surface area contributed by atoms with E-state index in [9.17, 15) is 8.42 Å². The van der Waals surface area contributed by atoms with Gasteiger partial charge in [-0.15, -0.1) is 0 Å². The van der Waals surface area contributed by atoms with E-state index in [-0.39, 0.29) is 5.54 Å². The molecule has 6 heteroatoms. The Labute approximate surface area is 124 Å². The molecule has 1 rings (SSSR count). The maximum Gasteiger partial charge on any atom is 0.211 e. The van der Waals surface area contributed by atoms with Crippen LogP contribution in [0.1, 0.15) is 40.0 Å². The fourth-order valence-corrected chi connectivity index (χ4v) is 3.21. The molecule has 0 saturated carbocycles. The van der Waals surface area contributed by atoms with Crippen LogP contribution in [0.3, 0.4) is 0 Å². The Morgan fingerprint density at radius 2 is 1.60 bits per heavy atom. The van der Waals surface area contributed by atoms with Crippen molar-refractivity contribution < 1.29 is 8.42 Å². The topological polar surface area (TPSA) is 52.6 Å². The second-order valence-electron chi connectivity index (χ2n) is 6.74. The highest BCUT2D eigenvalue weighted by atomic mass is 32.2. The Hall–Kier alpha value is -0.170. The van der Waals surface area contributed by atoms with Crippen LogP contribution in [0.4, 0.5) is 0 Å². The van der Waals surface area contributed by atoms with Crippen LogP contribution in [0.15, 0.2) is 0 Å². The van der Waals surface area contributed by atoms with Crippen molar-refractivity contribution in [3.8, 4) is 0 Å². The summed E-state index contributed by atoms with van der Waals surface area (Å²) < 4.78 is 24.4. The zero-order valence-electron chi connectivity index (χ0n) is 13.5. The molecule has 1 aliphatic rings. The molecule has 120 valence electrons. The van der Waals surface area contributed by atoms with Crippen LogP contribution in [0.5, 0.6) is 0 Å². The van der Waals surface area contributed by atoms with Crippen molar-refractivity contribution in [2.45, 2.75) is 45.6 Å². The highest BCUT2D eigenvalue weighted by Crippen LogP contribution is 2.08. The fourth-order valence-electron chi connectivity index (χ4n) is 2.39. The van der Waals surface area contributed by atoms with Gasteiger partial charge < -0.3 is 10.2 Å². The van der Waals surface area contributed by atoms with Crippen LogP contribution in [-0.2, 0) is 10.0 Å². The Balaban J connectivity index is 2.05. The van der Waals surface area contributed by atoms with E-state index in [1.54, 1.807) is 4.31 Å². The smallest absolute Gasteiger partial charge is 0.211 e. The summed E-state index contributed by atoms with van der Waals surface area (Å²) >= 11 is 0. The first kappa shape index (κ1) is 17.9. The SMILES string of the molecule is CC(C)(C)NCCCCCN1CCN(S(C)(=O)=O)CC1. The molecule has 1 heterocycles. The molecule has 0 atom stereocenters. The summed E-state index contributed by atoms with van der Waals surface area (Å²) in [6.45, 7) is 11.8. The summed E-state index contributed by atoms with van der Waals surface area (Å²) in [6, 6.07) is 0. The number of hydrogen-bond donors (Lipinski definition) is 1. The van der Waals surface area contributed by atoms with Gasteiger partial charge in [0.2, 0.25) is 10.0 Å². The van der Waals surface area contributed by atoms with Crippen LogP contribution < -0.4 is 5.32 Å². The van der Waals surface area contributed by atoms with Crippen LogP contribution >= 0.6 is 0 Å². The lowest BCUT2D eigenvalue weighted by Gasteiger charge is -2.33. The molecule has 0 aromatic heterocycles. The monoisotopic (exact) mass is 305 g/mol. The average Bonchev–Trinajstić information content (AvgIpc) is 2.32. The highest BCUT2D eigenvalue weighted by Gasteiger charge is 2.22. The fraction of sp³-hybridized carbons (Fsp3) is 1.00. The van der Waals surface area contributed by atoms with Crippen LogP contribution in [0, 0.1) is 0 Å². The van der Waals surface area contributed by atoms with E-state index in [1.807, 2.05) is 0 Å². The summed E-state index contributed by atoms with van der Waals surface area (Å²) in [5.74, 6) is 0. The predicted octanol–water partition coefficient (Wildman–Crippen LogP) is 1.12. The molecular weight excluding hydrogens is 274 g/mol. The van der Waals surface area contributed by atoms with E-state index in [0.29, 0.717) is 13.1 Å². The number of rotatable bonds is 7. The maximum absolute atomic E-state index is 11.4. The molecule has 1 saturated heterocycles. The molecule has 1 fully saturated rings. The van der Waals surface area contributed by atoms with E-state index >= 15 is 0 Å². The van der Waals surface area contributed by atoms with Crippen molar-refractivity contribution in [3.05, 3.63) is 0 Å². The number of nitrogens with zero attached hydrogens (tertiary/aromatic N) is 2. The van der Waals surface area contributed by atoms with Crippen molar-refractivity contribution >= 4 is 10.0 Å². The van der Waals surface area contributed by atoms with Crippen molar-refractivity contribution in [3.63, 3.8) is 0 Å². The standard InChI is InChI=1S/C14H31N3O2S/c1-14(2,3)15-8-6-5-7-9-16-10-12-17(13-11-16)20(4,18)19/h15H,5-13H2,1-4H3. The van der Waals surface area contributed by atoms with Gasteiger partial charge in [0, 0.05) is 31.7 Å². The zero-order valence-corrected chi connectivity index (χ0v) is 14.3. The molecule has 1 aliphatic heterocycles. The van der Waals surface area contributed by atoms with Crippen molar-refractivity contribution in [2.75, 3.05) is 45.5 Å². The minimum Gasteiger partial charge on any atom is -0.312 e. The summed E-state index contributed by atoms with van der Waals surface area (Å²) in [4.78, 5) is 2.37. The van der Waals surface area contributed by atoms with Gasteiger partial charge in [0.05, 0.1) is 6.26 Å². The first-order chi connectivity index (χ1) is 9.18. The van der Waals surface area contributed by atoms with E-state index < -0.39 is 10.0 Å². The van der Waals surface area contributed by atoms with Crippen LogP contribution in [-0.4, -0.2) is 68.7 Å². The molecule has 0 unspecified atom stereocenters. The summed E-state index contributed by atoms with van der Waals surface area (Å²) in [7, 11) is -3.00. The Morgan fingerprint density at radius 1 is 1.00 bits per heavy atom. The molecule has 0 spiro atoms. The number of piperazine rings is 1. The van der Waals surface area contributed by atoms with E-state index in [4.69, 9.17) is 0 Å². The van der Waals surface area contributed by atoms with Crippen molar-refractivity contribution in [1.29, 1.82) is 0 Å². The first-order valence-electron chi connectivity index (χ1n) is 7.61. The number of sulfonamides is 1. The molecule has 0 aliphatic carbocycles. The zero-order chi connectivity index (χ0) is 15.2. The number of hydrogen-bond acceptors (Lipinski definition) is 4. The average molecular weight is 305 g/mol. The lowest BCUT2D eigenvalue weighted by molar-refractivity contribution is 0.185. The molecule has 0 radical (unpaired) electrons. The number of nitrogens with one attached hydrogen (secondary N) is 1. The van der Waals surface area contributed by atoms with E-state index in [0.717, 1.165) is 26.2 Å². The lowest BCUT2D eigenvalue weighted by atomic mass is 10.1. The van der Waals surface area contributed by atoms with Crippen molar-refractivity contribution in [1.82, 2.24) is 14.5 Å². The predicted molar refractivity (Wildman–Crippen MR) is 84.5 cm³/mol. The molecule has 20 heavy (non-hydrogen) atoms. The Bertz CT molecular complexity index is 368. The third-order valence-corrected chi connectivity index (χ3v) is 4.91. The van der Waals surface area contributed by atoms with Gasteiger partial charge in [-0.3, -0.25) is 0 Å². The molecule has 0 aromatic carbocycles. The largest absolute Gasteiger partial charge is 0.312 e. The molecule has 5 nitrogen and oxygen atoms in total. The summed E-state index contributed by atoms with van der Waals surface area (Å²) in [6.07, 6.45) is 4.94. The Morgan fingerprint density at radius 3 is 2.10 bits per heavy atom. The Kier molecular flexibility index (Phi) is 6.91. The first-order valence-corrected chi connectivity index (χ1v) is 9.46. The lowest BCUT2D eigenvalue weighted by Crippen LogP contribution is -2.48. The van der Waals surface area contributed by atoms with Crippen molar-refractivity contribution in [2.24, 2.45) is 0 Å². The second-order valence-corrected chi connectivity index (χ2v) is 8.72. The summed E-state index contributed by atoms with van der Waals surface area (Å²) in [5, 5.41) is 3.50. The molecule has 1 N–H and O–H groups in total. The van der Waals surface area contributed by atoms with Gasteiger partial charge in [0.15, 0.2) is 0 Å². The quantitative estimate of drug-likeness (QED) is 0.716. The van der Waals surface area contributed by atoms with Gasteiger partial charge in [-0.2, -0.15) is 4.31 Å². The maximum atomic E-state index is 11.4. The van der Waals surface area contributed by atoms with Crippen LogP contribution in [0.25, 0.3) is 0 Å². The van der Waals surface area contributed by atoms with E-state index in [2.05, 4.69) is 31.0 Å². The highest BCUT2D eigenvalue weighted by molar-refractivity contribution is 7.88. The normalized spacial score (nSPS) is 19.4. The van der Waals surface area contributed by atoms with Crippen LogP contribution in [0.2, 0.25) is 0 Å². The summed E-state index contributed by atoms with van der Waals surface area (Å²) in [5.41, 5.74) is 0.210. The minimum atomic E-state index is -3.00. The minimum absolute atomic E-state index is 0.210. The van der Waals surface area contributed by atoms with Gasteiger partial charge >= 0.3 is 0 Å². The van der Waals surface area contributed by atoms with E-state index in [1.165, 1.54) is 25.5 Å². The van der Waals surface area contributed by atoms with Gasteiger partial charge in [-0.05, 0) is 46.7 Å². The van der Waals surface area contributed by atoms with Gasteiger partial charge in [-0.25, -0.2) is 8.42 Å². The third-order valence-electron chi connectivity index (χ3n) is 3.61. The second kappa shape index (κ2) is 7.73. The molecular formula is C14H31N3O2S. The molecule has 0 aromatic rings. The molecule has 0 bridgehead atoms. The number of unbranched alkanes of at least 4 members (excludes halogenated alkanes) is 2. The van der Waals surface area contributed by atoms with Gasteiger partial charge in [0.1, 0.15) is 0 Å². The van der Waals surface area contributed by atoms with Gasteiger partial charge in [0.25, 0.3) is 0 Å². The molecule has 0 amide bonds. The third kappa shape index (κ3) is 7.57. The van der Waals surface area contributed by atoms with Gasteiger partial charge in [-0.1, -0.05) is 6.42 Å².